The van der Waals surface area contributed by atoms with Crippen molar-refractivity contribution in [2.45, 2.75) is 70.5 Å². The number of esters is 2. The zero-order chi connectivity index (χ0) is 19.5. The molecule has 0 heterocycles. The van der Waals surface area contributed by atoms with Crippen molar-refractivity contribution in [2.24, 2.45) is 5.41 Å². The van der Waals surface area contributed by atoms with Crippen LogP contribution in [-0.4, -0.2) is 47.0 Å². The normalized spacial score (nSPS) is 13.8. The fourth-order valence-electron chi connectivity index (χ4n) is 2.48. The van der Waals surface area contributed by atoms with Crippen LogP contribution >= 0.6 is 15.9 Å². The van der Waals surface area contributed by atoms with Crippen molar-refractivity contribution in [2.75, 3.05) is 19.8 Å². The Bertz CT molecular complexity index is 445. The minimum absolute atomic E-state index is 0.0265. The van der Waals surface area contributed by atoms with Crippen molar-refractivity contribution in [1.82, 2.24) is 0 Å². The van der Waals surface area contributed by atoms with Crippen LogP contribution in [0.5, 0.6) is 0 Å². The smallest absolute Gasteiger partial charge is 0.311 e. The zero-order valence-electron chi connectivity index (χ0n) is 15.7. The molecule has 1 N–H and O–H groups in total. The minimum Gasteiger partial charge on any atom is -0.466 e. The average Bonchev–Trinajstić information content (AvgIpc) is 2.50. The summed E-state index contributed by atoms with van der Waals surface area (Å²) in [6, 6.07) is 0. The Hall–Kier alpha value is -0.950. The third-order valence-electron chi connectivity index (χ3n) is 3.81. The van der Waals surface area contributed by atoms with Crippen LogP contribution in [-0.2, 0) is 23.9 Å². The highest BCUT2D eigenvalue weighted by molar-refractivity contribution is 9.10. The van der Waals surface area contributed by atoms with Gasteiger partial charge < -0.3 is 14.6 Å². The highest BCUT2D eigenvalue weighted by Gasteiger charge is 2.40. The van der Waals surface area contributed by atoms with Crippen LogP contribution in [0, 0.1) is 5.41 Å². The molecule has 0 spiro atoms. The van der Waals surface area contributed by atoms with Crippen LogP contribution < -0.4 is 0 Å². The average molecular weight is 423 g/mol. The van der Waals surface area contributed by atoms with E-state index in [9.17, 15) is 14.4 Å². The first-order valence-electron chi connectivity index (χ1n) is 8.72. The van der Waals surface area contributed by atoms with Gasteiger partial charge in [-0.15, -0.1) is 0 Å². The third-order valence-corrected chi connectivity index (χ3v) is 4.54. The van der Waals surface area contributed by atoms with Crippen LogP contribution in [0.1, 0.15) is 66.2 Å². The topological polar surface area (TPSA) is 89.9 Å². The van der Waals surface area contributed by atoms with Gasteiger partial charge in [0.05, 0.1) is 23.0 Å². The second-order valence-corrected chi connectivity index (χ2v) is 8.66. The molecule has 1 unspecified atom stereocenters. The van der Waals surface area contributed by atoms with Gasteiger partial charge in [-0.1, -0.05) is 22.4 Å². The van der Waals surface area contributed by atoms with Gasteiger partial charge in [-0.25, -0.2) is 0 Å². The maximum absolute atomic E-state index is 12.4. The number of unbranched alkanes of at least 4 members (excludes halogenated alkanes) is 2. The summed E-state index contributed by atoms with van der Waals surface area (Å²) in [6.07, 6.45) is 2.76. The molecule has 0 bridgehead atoms. The van der Waals surface area contributed by atoms with Crippen molar-refractivity contribution < 1.29 is 29.0 Å². The predicted octanol–water partition coefficient (Wildman–Crippen LogP) is 3.17. The maximum atomic E-state index is 12.4. The molecule has 0 aliphatic heterocycles. The van der Waals surface area contributed by atoms with Crippen LogP contribution in [0.4, 0.5) is 0 Å². The Balaban J connectivity index is 4.31. The largest absolute Gasteiger partial charge is 0.466 e. The van der Waals surface area contributed by atoms with E-state index < -0.39 is 9.74 Å². The summed E-state index contributed by atoms with van der Waals surface area (Å²) in [4.78, 5) is 35.9. The van der Waals surface area contributed by atoms with Gasteiger partial charge in [0.25, 0.3) is 0 Å². The molecule has 0 aromatic heterocycles. The first-order valence-corrected chi connectivity index (χ1v) is 9.52. The summed E-state index contributed by atoms with van der Waals surface area (Å²) in [5.74, 6) is -0.811. The second-order valence-electron chi connectivity index (χ2n) is 6.91. The van der Waals surface area contributed by atoms with Gasteiger partial charge in [0, 0.05) is 19.4 Å². The monoisotopic (exact) mass is 422 g/mol. The molecule has 1 atom stereocenters. The summed E-state index contributed by atoms with van der Waals surface area (Å²) in [5.41, 5.74) is -0.798. The quantitative estimate of drug-likeness (QED) is 0.278. The van der Waals surface area contributed by atoms with E-state index in [4.69, 9.17) is 14.6 Å². The molecule has 0 aliphatic carbocycles. The van der Waals surface area contributed by atoms with Crippen LogP contribution in [0.2, 0.25) is 0 Å². The Kier molecular flexibility index (Phi) is 11.2. The van der Waals surface area contributed by atoms with E-state index in [0.29, 0.717) is 19.4 Å². The Morgan fingerprint density at radius 3 is 2.20 bits per heavy atom. The number of carbonyl (C=O) groups is 3. The number of hydrogen-bond acceptors (Lipinski definition) is 6. The van der Waals surface area contributed by atoms with Crippen LogP contribution in [0.3, 0.4) is 0 Å². The van der Waals surface area contributed by atoms with Gasteiger partial charge in [-0.05, 0) is 47.0 Å². The second kappa shape index (κ2) is 11.6. The predicted molar refractivity (Wildman–Crippen MR) is 98.5 cm³/mol. The number of rotatable bonds is 13. The van der Waals surface area contributed by atoms with Gasteiger partial charge >= 0.3 is 11.9 Å². The summed E-state index contributed by atoms with van der Waals surface area (Å²) in [5, 5.41) is 8.67. The molecule has 0 amide bonds. The van der Waals surface area contributed by atoms with Crippen LogP contribution in [0.25, 0.3) is 0 Å². The molecule has 0 saturated carbocycles. The lowest BCUT2D eigenvalue weighted by Crippen LogP contribution is -2.39. The Morgan fingerprint density at radius 1 is 1.00 bits per heavy atom. The third kappa shape index (κ3) is 9.94. The molecule has 0 aliphatic rings. The number of alkyl halides is 1. The van der Waals surface area contributed by atoms with E-state index in [-0.39, 0.29) is 50.2 Å². The molecule has 0 radical (unpaired) electrons. The van der Waals surface area contributed by atoms with Crippen LogP contribution in [0.15, 0.2) is 0 Å². The SMILES string of the molecule is CCOC(=O)C(C)(C)CC(C)(Br)C(=O)CCOC(=O)CCCCCO. The zero-order valence-corrected chi connectivity index (χ0v) is 17.3. The van der Waals surface area contributed by atoms with E-state index in [2.05, 4.69) is 15.9 Å². The lowest BCUT2D eigenvalue weighted by atomic mass is 9.81. The number of aliphatic hydroxyl groups excluding tert-OH is 1. The molecular weight excluding hydrogens is 392 g/mol. The summed E-state index contributed by atoms with van der Waals surface area (Å²) in [7, 11) is 0. The van der Waals surface area contributed by atoms with E-state index in [0.717, 1.165) is 6.42 Å². The summed E-state index contributed by atoms with van der Waals surface area (Å²) >= 11 is 3.41. The van der Waals surface area contributed by atoms with E-state index in [1.165, 1.54) is 0 Å². The molecule has 7 heteroatoms. The summed E-state index contributed by atoms with van der Waals surface area (Å²) in [6.45, 7) is 7.38. The van der Waals surface area contributed by atoms with Gasteiger partial charge in [0.2, 0.25) is 0 Å². The fraction of sp³-hybridized carbons (Fsp3) is 0.833. The number of halogens is 1. The van der Waals surface area contributed by atoms with Crippen molar-refractivity contribution in [3.63, 3.8) is 0 Å². The molecule has 25 heavy (non-hydrogen) atoms. The van der Waals surface area contributed by atoms with Crippen molar-refractivity contribution >= 4 is 33.7 Å². The molecule has 0 rings (SSSR count). The fourth-order valence-corrected chi connectivity index (χ4v) is 3.37. The number of Topliss-reactive ketones (excluding diaryl/α,β-unsaturated/α-hetero) is 1. The lowest BCUT2D eigenvalue weighted by Gasteiger charge is -2.30. The van der Waals surface area contributed by atoms with Crippen molar-refractivity contribution in [1.29, 1.82) is 0 Å². The van der Waals surface area contributed by atoms with Crippen molar-refractivity contribution in [3.05, 3.63) is 0 Å². The van der Waals surface area contributed by atoms with Gasteiger partial charge in [-0.3, -0.25) is 14.4 Å². The Morgan fingerprint density at radius 2 is 1.64 bits per heavy atom. The summed E-state index contributed by atoms with van der Waals surface area (Å²) < 4.78 is 9.22. The number of hydrogen-bond donors (Lipinski definition) is 1. The highest BCUT2D eigenvalue weighted by atomic mass is 79.9. The minimum atomic E-state index is -0.892. The maximum Gasteiger partial charge on any atom is 0.311 e. The molecular formula is C18H31BrO6. The number of aliphatic hydroxyl groups is 1. The van der Waals surface area contributed by atoms with Gasteiger partial charge in [0.1, 0.15) is 0 Å². The molecule has 6 nitrogen and oxygen atoms in total. The molecule has 0 aromatic rings. The molecule has 0 aromatic carbocycles. The molecule has 0 saturated heterocycles. The highest BCUT2D eigenvalue weighted by Crippen LogP contribution is 2.36. The van der Waals surface area contributed by atoms with E-state index >= 15 is 0 Å². The van der Waals surface area contributed by atoms with Gasteiger partial charge in [-0.2, -0.15) is 0 Å². The van der Waals surface area contributed by atoms with Gasteiger partial charge in [0.15, 0.2) is 5.78 Å². The number of ether oxygens (including phenoxy) is 2. The first-order chi connectivity index (χ1) is 11.6. The number of ketones is 1. The number of carbonyl (C=O) groups excluding carboxylic acids is 3. The van der Waals surface area contributed by atoms with E-state index in [1.807, 2.05) is 0 Å². The standard InChI is InChI=1S/C18H31BrO6/c1-5-24-16(23)17(2,3)13-18(4,19)14(21)10-12-25-15(22)9-7-6-8-11-20/h20H,5-13H2,1-4H3. The lowest BCUT2D eigenvalue weighted by molar-refractivity contribution is -0.154. The first kappa shape index (κ1) is 24.1. The molecule has 146 valence electrons. The van der Waals surface area contributed by atoms with E-state index in [1.54, 1.807) is 27.7 Å². The van der Waals surface area contributed by atoms with Crippen molar-refractivity contribution in [3.8, 4) is 0 Å². The Labute approximate surface area is 158 Å². The molecule has 0 fully saturated rings.